The summed E-state index contributed by atoms with van der Waals surface area (Å²) in [4.78, 5) is 23.3. The van der Waals surface area contributed by atoms with Crippen LogP contribution in [0.1, 0.15) is 6.92 Å². The number of imide groups is 1. The average molecular weight is 162 g/mol. The molecule has 0 spiro atoms. The van der Waals surface area contributed by atoms with Crippen LogP contribution in [0.25, 0.3) is 0 Å². The lowest BCUT2D eigenvalue weighted by atomic mass is 10.1. The predicted octanol–water partition coefficient (Wildman–Crippen LogP) is 0.332. The Balaban J connectivity index is 3.09. The molecule has 1 N–H and O–H groups in total. The molecule has 0 radical (unpaired) electrons. The van der Waals surface area contributed by atoms with Crippen molar-refractivity contribution in [2.45, 2.75) is 12.6 Å². The number of aliphatic imine (C=N–C) groups is 1. The van der Waals surface area contributed by atoms with E-state index in [1.165, 1.54) is 5.32 Å². The van der Waals surface area contributed by atoms with Crippen molar-refractivity contribution < 1.29 is 18.4 Å². The highest BCUT2D eigenvalue weighted by molar-refractivity contribution is 6.18. The Labute approximate surface area is 60.3 Å². The van der Waals surface area contributed by atoms with Crippen molar-refractivity contribution in [3.8, 4) is 0 Å². The topological polar surface area (TPSA) is 58.5 Å². The lowest BCUT2D eigenvalue weighted by molar-refractivity contribution is -0.127. The third-order valence-corrected chi connectivity index (χ3v) is 1.23. The average Bonchev–Trinajstić information content (AvgIpc) is 1.84. The molecule has 4 nitrogen and oxygen atoms in total. The van der Waals surface area contributed by atoms with E-state index in [0.29, 0.717) is 6.92 Å². The summed E-state index contributed by atoms with van der Waals surface area (Å²) in [6.07, 6.45) is 0. The predicted molar refractivity (Wildman–Crippen MR) is 31.6 cm³/mol. The molecule has 0 aromatic carbocycles. The van der Waals surface area contributed by atoms with Gasteiger partial charge in [0.1, 0.15) is 0 Å². The fraction of sp³-hybridized carbons (Fsp3) is 0.400. The summed E-state index contributed by atoms with van der Waals surface area (Å²) in [7, 11) is 0. The third kappa shape index (κ3) is 1.11. The number of carbonyl (C=O) groups is 2. The number of halogens is 2. The minimum atomic E-state index is -2.81. The number of hydrogen-bond acceptors (Lipinski definition) is 2. The Kier molecular flexibility index (Phi) is 1.47. The van der Waals surface area contributed by atoms with E-state index in [9.17, 15) is 18.4 Å². The van der Waals surface area contributed by atoms with Gasteiger partial charge in [0.05, 0.1) is 0 Å². The molecule has 1 aliphatic heterocycles. The summed E-state index contributed by atoms with van der Waals surface area (Å²) in [6.45, 7) is 0.688. The van der Waals surface area contributed by atoms with Crippen molar-refractivity contribution >= 4 is 17.9 Å². The van der Waals surface area contributed by atoms with Crippen LogP contribution in [0.3, 0.4) is 0 Å². The van der Waals surface area contributed by atoms with Crippen LogP contribution >= 0.6 is 0 Å². The molecule has 1 unspecified atom stereocenters. The molecule has 0 aromatic heterocycles. The van der Waals surface area contributed by atoms with Gasteiger partial charge in [0.2, 0.25) is 5.97 Å². The summed E-state index contributed by atoms with van der Waals surface area (Å²) in [5, 5.41) is 1.52. The van der Waals surface area contributed by atoms with E-state index in [-0.39, 0.29) is 0 Å². The molecular weight excluding hydrogens is 158 g/mol. The molecular formula is C5H4F2N2O2. The fourth-order valence-electron chi connectivity index (χ4n) is 0.530. The van der Waals surface area contributed by atoms with Crippen LogP contribution in [0.2, 0.25) is 0 Å². The van der Waals surface area contributed by atoms with Crippen molar-refractivity contribution in [3.05, 3.63) is 0 Å². The van der Waals surface area contributed by atoms with Crippen LogP contribution < -0.4 is 5.32 Å². The SMILES string of the molecule is CC1(F)C(=O)NC(=O)N=C1F. The van der Waals surface area contributed by atoms with Crippen molar-refractivity contribution in [3.63, 3.8) is 0 Å². The molecule has 1 atom stereocenters. The van der Waals surface area contributed by atoms with E-state index in [1.807, 2.05) is 0 Å². The Morgan fingerprint density at radius 3 is 2.55 bits per heavy atom. The summed E-state index contributed by atoms with van der Waals surface area (Å²) < 4.78 is 25.1. The highest BCUT2D eigenvalue weighted by Crippen LogP contribution is 2.17. The van der Waals surface area contributed by atoms with E-state index in [4.69, 9.17) is 0 Å². The minimum Gasteiger partial charge on any atom is -0.273 e. The van der Waals surface area contributed by atoms with Gasteiger partial charge in [-0.1, -0.05) is 0 Å². The number of nitrogens with one attached hydrogen (secondary N) is 1. The Hall–Kier alpha value is -1.33. The second-order valence-corrected chi connectivity index (χ2v) is 2.16. The zero-order valence-corrected chi connectivity index (χ0v) is 5.52. The highest BCUT2D eigenvalue weighted by atomic mass is 19.2. The number of alkyl halides is 1. The van der Waals surface area contributed by atoms with Gasteiger partial charge in [-0.2, -0.15) is 9.38 Å². The maximum Gasteiger partial charge on any atom is 0.350 e. The van der Waals surface area contributed by atoms with E-state index in [1.54, 1.807) is 0 Å². The van der Waals surface area contributed by atoms with Gasteiger partial charge in [-0.25, -0.2) is 9.18 Å². The molecule has 1 aliphatic rings. The van der Waals surface area contributed by atoms with Gasteiger partial charge in [-0.15, -0.1) is 0 Å². The van der Waals surface area contributed by atoms with Crippen LogP contribution in [0.15, 0.2) is 4.99 Å². The normalized spacial score (nSPS) is 31.4. The van der Waals surface area contributed by atoms with Gasteiger partial charge in [0.15, 0.2) is 0 Å². The first-order chi connectivity index (χ1) is 4.94. The lowest BCUT2D eigenvalue weighted by Crippen LogP contribution is -2.51. The number of urea groups is 1. The number of nitrogens with zero attached hydrogens (tertiary/aromatic N) is 1. The fourth-order valence-corrected chi connectivity index (χ4v) is 0.530. The number of amides is 3. The molecule has 11 heavy (non-hydrogen) atoms. The molecule has 0 aliphatic carbocycles. The van der Waals surface area contributed by atoms with Crippen LogP contribution in [-0.2, 0) is 4.79 Å². The van der Waals surface area contributed by atoms with E-state index in [2.05, 4.69) is 4.99 Å². The molecule has 1 heterocycles. The highest BCUT2D eigenvalue weighted by Gasteiger charge is 2.44. The molecule has 0 saturated carbocycles. The minimum absolute atomic E-state index is 0.688. The van der Waals surface area contributed by atoms with Crippen LogP contribution in [-0.4, -0.2) is 23.6 Å². The quantitative estimate of drug-likeness (QED) is 0.558. The molecule has 3 amide bonds. The largest absolute Gasteiger partial charge is 0.350 e. The smallest absolute Gasteiger partial charge is 0.273 e. The van der Waals surface area contributed by atoms with E-state index in [0.717, 1.165) is 0 Å². The van der Waals surface area contributed by atoms with Crippen LogP contribution in [0.4, 0.5) is 13.6 Å². The second-order valence-electron chi connectivity index (χ2n) is 2.16. The number of carbonyl (C=O) groups excluding carboxylic acids is 2. The molecule has 0 aromatic rings. The first kappa shape index (κ1) is 7.77. The second kappa shape index (κ2) is 2.08. The maximum absolute atomic E-state index is 12.8. The van der Waals surface area contributed by atoms with E-state index >= 15 is 0 Å². The first-order valence-electron chi connectivity index (χ1n) is 2.73. The van der Waals surface area contributed by atoms with Gasteiger partial charge in [-0.3, -0.25) is 10.1 Å². The Bertz CT molecular complexity index is 259. The van der Waals surface area contributed by atoms with Crippen molar-refractivity contribution in [2.75, 3.05) is 0 Å². The number of hydrogen-bond donors (Lipinski definition) is 1. The van der Waals surface area contributed by atoms with Crippen LogP contribution in [0, 0.1) is 0 Å². The summed E-state index contributed by atoms with van der Waals surface area (Å²) in [5.41, 5.74) is -2.81. The van der Waals surface area contributed by atoms with Crippen LogP contribution in [0.5, 0.6) is 0 Å². The standard InChI is InChI=1S/C5H4F2N2O2/c1-5(7)2(6)8-4(11)9-3(5)10/h1H3,(H,9,10,11). The van der Waals surface area contributed by atoms with Gasteiger partial charge in [0.25, 0.3) is 11.6 Å². The van der Waals surface area contributed by atoms with E-state index < -0.39 is 23.6 Å². The molecule has 0 bridgehead atoms. The molecule has 6 heteroatoms. The molecule has 0 fully saturated rings. The van der Waals surface area contributed by atoms with Crippen molar-refractivity contribution in [2.24, 2.45) is 4.99 Å². The van der Waals surface area contributed by atoms with Gasteiger partial charge in [0, 0.05) is 0 Å². The van der Waals surface area contributed by atoms with Gasteiger partial charge >= 0.3 is 6.03 Å². The summed E-state index contributed by atoms with van der Waals surface area (Å²) in [5.74, 6) is -2.93. The monoisotopic (exact) mass is 162 g/mol. The Morgan fingerprint density at radius 1 is 1.55 bits per heavy atom. The summed E-state index contributed by atoms with van der Waals surface area (Å²) >= 11 is 0. The number of rotatable bonds is 0. The van der Waals surface area contributed by atoms with Gasteiger partial charge in [-0.05, 0) is 6.92 Å². The molecule has 1 rings (SSSR count). The lowest BCUT2D eigenvalue weighted by Gasteiger charge is -2.18. The molecule has 0 saturated heterocycles. The maximum atomic E-state index is 12.8. The Morgan fingerprint density at radius 2 is 2.09 bits per heavy atom. The van der Waals surface area contributed by atoms with Gasteiger partial charge < -0.3 is 0 Å². The third-order valence-electron chi connectivity index (χ3n) is 1.23. The first-order valence-corrected chi connectivity index (χ1v) is 2.73. The molecule has 60 valence electrons. The summed E-state index contributed by atoms with van der Waals surface area (Å²) in [6, 6.07) is -1.18. The van der Waals surface area contributed by atoms with Crippen molar-refractivity contribution in [1.29, 1.82) is 0 Å². The zero-order chi connectivity index (χ0) is 8.65. The van der Waals surface area contributed by atoms with Crippen molar-refractivity contribution in [1.82, 2.24) is 5.32 Å². The zero-order valence-electron chi connectivity index (χ0n) is 5.52.